The lowest BCUT2D eigenvalue weighted by Gasteiger charge is -2.07. The molecule has 2 aromatic heterocycles. The van der Waals surface area contributed by atoms with Crippen LogP contribution in [0, 0.1) is 6.92 Å². The SMILES string of the molecule is Cc1cc(-c2ccccc2)nc(NCc2ccco2)n1. The maximum absolute atomic E-state index is 5.28. The van der Waals surface area contributed by atoms with Crippen LogP contribution in [0.15, 0.2) is 59.2 Å². The van der Waals surface area contributed by atoms with Crippen LogP contribution in [0.5, 0.6) is 0 Å². The van der Waals surface area contributed by atoms with Gasteiger partial charge in [-0.05, 0) is 25.1 Å². The van der Waals surface area contributed by atoms with Crippen molar-refractivity contribution in [2.24, 2.45) is 0 Å². The van der Waals surface area contributed by atoms with Gasteiger partial charge in [-0.2, -0.15) is 0 Å². The molecule has 100 valence electrons. The van der Waals surface area contributed by atoms with E-state index in [4.69, 9.17) is 4.42 Å². The lowest BCUT2D eigenvalue weighted by molar-refractivity contribution is 0.517. The molecule has 0 aliphatic rings. The van der Waals surface area contributed by atoms with E-state index >= 15 is 0 Å². The van der Waals surface area contributed by atoms with Gasteiger partial charge < -0.3 is 9.73 Å². The average Bonchev–Trinajstić information content (AvgIpc) is 2.99. The fourth-order valence-electron chi connectivity index (χ4n) is 1.98. The van der Waals surface area contributed by atoms with Gasteiger partial charge >= 0.3 is 0 Å². The van der Waals surface area contributed by atoms with E-state index in [9.17, 15) is 0 Å². The molecule has 2 heterocycles. The van der Waals surface area contributed by atoms with Gasteiger partial charge in [-0.15, -0.1) is 0 Å². The smallest absolute Gasteiger partial charge is 0.223 e. The minimum atomic E-state index is 0.574. The standard InChI is InChI=1S/C16H15N3O/c1-12-10-15(13-6-3-2-4-7-13)19-16(18-12)17-11-14-8-5-9-20-14/h2-10H,11H2,1H3,(H,17,18,19). The number of hydrogen-bond acceptors (Lipinski definition) is 4. The van der Waals surface area contributed by atoms with Gasteiger partial charge in [-0.1, -0.05) is 30.3 Å². The van der Waals surface area contributed by atoms with E-state index in [0.717, 1.165) is 22.7 Å². The van der Waals surface area contributed by atoms with E-state index in [-0.39, 0.29) is 0 Å². The fourth-order valence-corrected chi connectivity index (χ4v) is 1.98. The first kappa shape index (κ1) is 12.4. The second kappa shape index (κ2) is 5.57. The van der Waals surface area contributed by atoms with Crippen molar-refractivity contribution in [1.82, 2.24) is 9.97 Å². The van der Waals surface area contributed by atoms with Crippen molar-refractivity contribution < 1.29 is 4.42 Å². The number of nitrogens with zero attached hydrogens (tertiary/aromatic N) is 2. The largest absolute Gasteiger partial charge is 0.467 e. The summed E-state index contributed by atoms with van der Waals surface area (Å²) >= 11 is 0. The van der Waals surface area contributed by atoms with Crippen LogP contribution in [0.1, 0.15) is 11.5 Å². The zero-order valence-electron chi connectivity index (χ0n) is 11.2. The summed E-state index contributed by atoms with van der Waals surface area (Å²) in [4.78, 5) is 8.93. The fraction of sp³-hybridized carbons (Fsp3) is 0.125. The van der Waals surface area contributed by atoms with Gasteiger partial charge in [0.05, 0.1) is 18.5 Å². The summed E-state index contributed by atoms with van der Waals surface area (Å²) in [6.45, 7) is 2.54. The van der Waals surface area contributed by atoms with Crippen LogP contribution in [-0.4, -0.2) is 9.97 Å². The van der Waals surface area contributed by atoms with E-state index in [0.29, 0.717) is 12.5 Å². The molecule has 0 saturated carbocycles. The van der Waals surface area contributed by atoms with E-state index < -0.39 is 0 Å². The Morgan fingerprint density at radius 2 is 1.90 bits per heavy atom. The van der Waals surface area contributed by atoms with Crippen molar-refractivity contribution in [2.45, 2.75) is 13.5 Å². The van der Waals surface area contributed by atoms with Crippen molar-refractivity contribution in [3.05, 3.63) is 66.2 Å². The summed E-state index contributed by atoms with van der Waals surface area (Å²) in [5, 5.41) is 3.18. The molecular formula is C16H15N3O. The van der Waals surface area contributed by atoms with Crippen molar-refractivity contribution in [1.29, 1.82) is 0 Å². The number of rotatable bonds is 4. The number of aryl methyl sites for hydroxylation is 1. The first-order chi connectivity index (χ1) is 9.81. The van der Waals surface area contributed by atoms with Crippen molar-refractivity contribution in [2.75, 3.05) is 5.32 Å². The normalized spacial score (nSPS) is 10.4. The maximum Gasteiger partial charge on any atom is 0.223 e. The Hall–Kier alpha value is -2.62. The van der Waals surface area contributed by atoms with E-state index in [1.807, 2.05) is 55.5 Å². The monoisotopic (exact) mass is 265 g/mol. The van der Waals surface area contributed by atoms with Gasteiger partial charge in [0.1, 0.15) is 5.76 Å². The highest BCUT2D eigenvalue weighted by Gasteiger charge is 2.05. The maximum atomic E-state index is 5.28. The van der Waals surface area contributed by atoms with Gasteiger partial charge in [-0.25, -0.2) is 9.97 Å². The van der Waals surface area contributed by atoms with Gasteiger partial charge in [-0.3, -0.25) is 0 Å². The third-order valence-corrected chi connectivity index (χ3v) is 2.92. The molecule has 0 amide bonds. The van der Waals surface area contributed by atoms with Crippen LogP contribution >= 0.6 is 0 Å². The van der Waals surface area contributed by atoms with E-state index in [1.165, 1.54) is 0 Å². The Labute approximate surface area is 117 Å². The second-order valence-corrected chi connectivity index (χ2v) is 4.52. The molecule has 0 aliphatic heterocycles. The molecule has 0 radical (unpaired) electrons. The summed E-state index contributed by atoms with van der Waals surface area (Å²) < 4.78 is 5.28. The summed E-state index contributed by atoms with van der Waals surface area (Å²) in [5.41, 5.74) is 2.93. The summed E-state index contributed by atoms with van der Waals surface area (Å²) in [6, 6.07) is 15.8. The molecule has 0 bridgehead atoms. The van der Waals surface area contributed by atoms with Crippen LogP contribution in [0.4, 0.5) is 5.95 Å². The molecule has 4 heteroatoms. The van der Waals surface area contributed by atoms with Crippen molar-refractivity contribution in [3.63, 3.8) is 0 Å². The lowest BCUT2D eigenvalue weighted by atomic mass is 10.1. The zero-order valence-corrected chi connectivity index (χ0v) is 11.2. The van der Waals surface area contributed by atoms with Crippen LogP contribution in [0.3, 0.4) is 0 Å². The van der Waals surface area contributed by atoms with Crippen LogP contribution < -0.4 is 5.32 Å². The molecule has 0 unspecified atom stereocenters. The quantitative estimate of drug-likeness (QED) is 0.782. The van der Waals surface area contributed by atoms with Crippen LogP contribution in [0.2, 0.25) is 0 Å². The molecule has 3 rings (SSSR count). The van der Waals surface area contributed by atoms with Gasteiger partial charge in [0.15, 0.2) is 0 Å². The minimum Gasteiger partial charge on any atom is -0.467 e. The third-order valence-electron chi connectivity index (χ3n) is 2.92. The Balaban J connectivity index is 1.83. The summed E-state index contributed by atoms with van der Waals surface area (Å²) in [6.07, 6.45) is 1.66. The van der Waals surface area contributed by atoms with Gasteiger partial charge in [0, 0.05) is 11.3 Å². The average molecular weight is 265 g/mol. The first-order valence-corrected chi connectivity index (χ1v) is 6.48. The molecule has 1 aromatic carbocycles. The van der Waals surface area contributed by atoms with Crippen molar-refractivity contribution in [3.8, 4) is 11.3 Å². The molecule has 0 spiro atoms. The number of nitrogens with one attached hydrogen (secondary N) is 1. The topological polar surface area (TPSA) is 51.0 Å². The molecule has 0 saturated heterocycles. The number of benzene rings is 1. The summed E-state index contributed by atoms with van der Waals surface area (Å²) in [5.74, 6) is 1.47. The Kier molecular flexibility index (Phi) is 3.46. The van der Waals surface area contributed by atoms with Crippen LogP contribution in [-0.2, 0) is 6.54 Å². The van der Waals surface area contributed by atoms with Gasteiger partial charge in [0.2, 0.25) is 5.95 Å². The highest BCUT2D eigenvalue weighted by Crippen LogP contribution is 2.18. The minimum absolute atomic E-state index is 0.574. The summed E-state index contributed by atoms with van der Waals surface area (Å²) in [7, 11) is 0. The predicted molar refractivity (Wildman–Crippen MR) is 78.2 cm³/mol. The number of anilines is 1. The Morgan fingerprint density at radius 3 is 2.65 bits per heavy atom. The third kappa shape index (κ3) is 2.85. The Morgan fingerprint density at radius 1 is 1.05 bits per heavy atom. The number of hydrogen-bond donors (Lipinski definition) is 1. The first-order valence-electron chi connectivity index (χ1n) is 6.48. The highest BCUT2D eigenvalue weighted by molar-refractivity contribution is 5.60. The second-order valence-electron chi connectivity index (χ2n) is 4.52. The predicted octanol–water partition coefficient (Wildman–Crippen LogP) is 3.66. The van der Waals surface area contributed by atoms with E-state index in [2.05, 4.69) is 15.3 Å². The van der Waals surface area contributed by atoms with Gasteiger partial charge in [0.25, 0.3) is 0 Å². The van der Waals surface area contributed by atoms with Crippen molar-refractivity contribution >= 4 is 5.95 Å². The molecule has 1 N–H and O–H groups in total. The lowest BCUT2D eigenvalue weighted by Crippen LogP contribution is -2.04. The highest BCUT2D eigenvalue weighted by atomic mass is 16.3. The molecule has 4 nitrogen and oxygen atoms in total. The molecule has 0 aliphatic carbocycles. The number of aromatic nitrogens is 2. The molecular weight excluding hydrogens is 250 g/mol. The molecule has 20 heavy (non-hydrogen) atoms. The molecule has 0 fully saturated rings. The van der Waals surface area contributed by atoms with E-state index in [1.54, 1.807) is 6.26 Å². The molecule has 0 atom stereocenters. The zero-order chi connectivity index (χ0) is 13.8. The Bertz CT molecular complexity index is 678. The number of furan rings is 1. The van der Waals surface area contributed by atoms with Crippen LogP contribution in [0.25, 0.3) is 11.3 Å². The molecule has 3 aromatic rings.